The van der Waals surface area contributed by atoms with Gasteiger partial charge >= 0.3 is 0 Å². The summed E-state index contributed by atoms with van der Waals surface area (Å²) < 4.78 is 0. The zero-order chi connectivity index (χ0) is 16.5. The fourth-order valence-electron chi connectivity index (χ4n) is 2.26. The molecule has 0 aliphatic carbocycles. The van der Waals surface area contributed by atoms with E-state index in [1.54, 1.807) is 24.3 Å². The van der Waals surface area contributed by atoms with E-state index in [1.807, 2.05) is 24.3 Å². The summed E-state index contributed by atoms with van der Waals surface area (Å²) in [7, 11) is 0. The summed E-state index contributed by atoms with van der Waals surface area (Å²) >= 11 is 3.08. The lowest BCUT2D eigenvalue weighted by atomic mass is 10.1. The Balaban J connectivity index is 1.69. The van der Waals surface area contributed by atoms with E-state index in [9.17, 15) is 0 Å². The first-order chi connectivity index (χ1) is 11.8. The average molecular weight is 344 g/mol. The van der Waals surface area contributed by atoms with Crippen molar-refractivity contribution in [1.29, 1.82) is 10.5 Å². The molecule has 0 saturated carbocycles. The first-order valence-corrected chi connectivity index (χ1v) is 8.68. The Hall–Kier alpha value is -3.06. The second-order valence-electron chi connectivity index (χ2n) is 5.03. The van der Waals surface area contributed by atoms with Crippen molar-refractivity contribution in [3.8, 4) is 33.3 Å². The SMILES string of the molecule is N#Cc1ccc(-c2nc3sc(-c4ccc(C#N)cc4)nc3s2)cc1. The van der Waals surface area contributed by atoms with Crippen LogP contribution in [-0.2, 0) is 0 Å². The van der Waals surface area contributed by atoms with Crippen LogP contribution in [0.3, 0.4) is 0 Å². The van der Waals surface area contributed by atoms with E-state index in [2.05, 4.69) is 22.1 Å². The molecule has 0 N–H and O–H groups in total. The molecule has 4 aromatic rings. The van der Waals surface area contributed by atoms with Crippen molar-refractivity contribution in [2.45, 2.75) is 0 Å². The minimum absolute atomic E-state index is 0.637. The molecule has 2 aromatic carbocycles. The second-order valence-corrected chi connectivity index (χ2v) is 6.98. The van der Waals surface area contributed by atoms with Crippen molar-refractivity contribution in [1.82, 2.24) is 9.97 Å². The molecule has 0 spiro atoms. The first-order valence-electron chi connectivity index (χ1n) is 7.05. The number of hydrogen-bond acceptors (Lipinski definition) is 6. The van der Waals surface area contributed by atoms with Gasteiger partial charge < -0.3 is 0 Å². The largest absolute Gasteiger partial charge is 0.223 e. The van der Waals surface area contributed by atoms with Gasteiger partial charge in [-0.05, 0) is 24.3 Å². The number of rotatable bonds is 2. The molecule has 6 heteroatoms. The summed E-state index contributed by atoms with van der Waals surface area (Å²) in [5.41, 5.74) is 3.25. The average Bonchev–Trinajstić information content (AvgIpc) is 3.21. The maximum atomic E-state index is 8.86. The fraction of sp³-hybridized carbons (Fsp3) is 0. The van der Waals surface area contributed by atoms with Crippen LogP contribution in [0.15, 0.2) is 48.5 Å². The van der Waals surface area contributed by atoms with Crippen LogP contribution in [0, 0.1) is 22.7 Å². The van der Waals surface area contributed by atoms with Gasteiger partial charge in [0.1, 0.15) is 10.0 Å². The number of aromatic nitrogens is 2. The fourth-order valence-corrected chi connectivity index (χ4v) is 4.32. The molecule has 0 fully saturated rings. The van der Waals surface area contributed by atoms with Crippen molar-refractivity contribution in [3.05, 3.63) is 59.7 Å². The van der Waals surface area contributed by atoms with Gasteiger partial charge in [-0.3, -0.25) is 0 Å². The second kappa shape index (κ2) is 5.86. The molecule has 0 aliphatic rings. The third-order valence-electron chi connectivity index (χ3n) is 3.50. The Morgan fingerprint density at radius 3 is 1.33 bits per heavy atom. The minimum Gasteiger partial charge on any atom is -0.223 e. The van der Waals surface area contributed by atoms with Crippen molar-refractivity contribution in [2.24, 2.45) is 0 Å². The van der Waals surface area contributed by atoms with Gasteiger partial charge in [-0.2, -0.15) is 10.5 Å². The molecule has 112 valence electrons. The molecule has 0 atom stereocenters. The maximum absolute atomic E-state index is 8.86. The summed E-state index contributed by atoms with van der Waals surface area (Å²) in [5.74, 6) is 0. The lowest BCUT2D eigenvalue weighted by Gasteiger charge is -1.96. The topological polar surface area (TPSA) is 73.4 Å². The predicted molar refractivity (Wildman–Crippen MR) is 95.6 cm³/mol. The van der Waals surface area contributed by atoms with Gasteiger partial charge in [-0.1, -0.05) is 46.9 Å². The number of nitriles is 2. The molecular weight excluding hydrogens is 336 g/mol. The van der Waals surface area contributed by atoms with Crippen LogP contribution in [0.25, 0.3) is 30.8 Å². The minimum atomic E-state index is 0.637. The lowest BCUT2D eigenvalue weighted by molar-refractivity contribution is 1.46. The van der Waals surface area contributed by atoms with Crippen molar-refractivity contribution < 1.29 is 0 Å². The number of nitrogens with zero attached hydrogens (tertiary/aromatic N) is 4. The van der Waals surface area contributed by atoms with Gasteiger partial charge in [0.2, 0.25) is 0 Å². The summed E-state index contributed by atoms with van der Waals surface area (Å²) in [4.78, 5) is 11.1. The van der Waals surface area contributed by atoms with E-state index in [1.165, 1.54) is 22.7 Å². The van der Waals surface area contributed by atoms with Gasteiger partial charge in [-0.15, -0.1) is 0 Å². The predicted octanol–water partition coefficient (Wildman–Crippen LogP) is 4.83. The highest BCUT2D eigenvalue weighted by atomic mass is 32.1. The summed E-state index contributed by atoms with van der Waals surface area (Å²) in [6.45, 7) is 0. The number of fused-ring (bicyclic) bond motifs is 1. The third-order valence-corrected chi connectivity index (χ3v) is 5.62. The molecule has 0 radical (unpaired) electrons. The smallest absolute Gasteiger partial charge is 0.155 e. The zero-order valence-corrected chi connectivity index (χ0v) is 13.9. The summed E-state index contributed by atoms with van der Waals surface area (Å²) in [6.07, 6.45) is 0. The highest BCUT2D eigenvalue weighted by Gasteiger charge is 2.13. The quantitative estimate of drug-likeness (QED) is 0.522. The van der Waals surface area contributed by atoms with Crippen LogP contribution in [-0.4, -0.2) is 9.97 Å². The van der Waals surface area contributed by atoms with Crippen LogP contribution in [0.4, 0.5) is 0 Å². The number of benzene rings is 2. The van der Waals surface area contributed by atoms with Gasteiger partial charge in [0.15, 0.2) is 9.66 Å². The van der Waals surface area contributed by atoms with Gasteiger partial charge in [0, 0.05) is 11.1 Å². The molecule has 24 heavy (non-hydrogen) atoms. The lowest BCUT2D eigenvalue weighted by Crippen LogP contribution is -1.78. The third kappa shape index (κ3) is 2.55. The van der Waals surface area contributed by atoms with E-state index in [0.717, 1.165) is 30.8 Å². The standard InChI is InChI=1S/C18H8N4S2/c19-9-11-1-5-13(6-2-11)15-21-17-18(23-15)22-16(24-17)14-7-3-12(10-20)4-8-14/h1-8H. The van der Waals surface area contributed by atoms with Crippen molar-refractivity contribution >= 4 is 32.3 Å². The van der Waals surface area contributed by atoms with Crippen LogP contribution in [0.2, 0.25) is 0 Å². The van der Waals surface area contributed by atoms with E-state index in [0.29, 0.717) is 11.1 Å². The summed E-state index contributed by atoms with van der Waals surface area (Å²) in [5, 5.41) is 19.5. The highest BCUT2D eigenvalue weighted by Crippen LogP contribution is 2.36. The van der Waals surface area contributed by atoms with E-state index in [-0.39, 0.29) is 0 Å². The van der Waals surface area contributed by atoms with Crippen LogP contribution >= 0.6 is 22.7 Å². The Kier molecular flexibility index (Phi) is 3.55. The Bertz CT molecular complexity index is 989. The number of thiazole rings is 2. The van der Waals surface area contributed by atoms with Crippen molar-refractivity contribution in [2.75, 3.05) is 0 Å². The molecule has 0 saturated heterocycles. The van der Waals surface area contributed by atoms with E-state index in [4.69, 9.17) is 10.5 Å². The monoisotopic (exact) mass is 344 g/mol. The molecular formula is C18H8N4S2. The van der Waals surface area contributed by atoms with Crippen LogP contribution < -0.4 is 0 Å². The van der Waals surface area contributed by atoms with E-state index >= 15 is 0 Å². The van der Waals surface area contributed by atoms with Crippen LogP contribution in [0.1, 0.15) is 11.1 Å². The van der Waals surface area contributed by atoms with Gasteiger partial charge in [0.25, 0.3) is 0 Å². The molecule has 2 aromatic heterocycles. The van der Waals surface area contributed by atoms with Crippen LogP contribution in [0.5, 0.6) is 0 Å². The van der Waals surface area contributed by atoms with E-state index < -0.39 is 0 Å². The van der Waals surface area contributed by atoms with Gasteiger partial charge in [-0.25, -0.2) is 9.97 Å². The molecule has 0 unspecified atom stereocenters. The zero-order valence-electron chi connectivity index (χ0n) is 12.2. The normalized spacial score (nSPS) is 10.4. The van der Waals surface area contributed by atoms with Crippen molar-refractivity contribution in [3.63, 3.8) is 0 Å². The molecule has 4 rings (SSSR count). The maximum Gasteiger partial charge on any atom is 0.155 e. The summed E-state index contributed by atoms with van der Waals surface area (Å²) in [6, 6.07) is 19.0. The Labute approximate surface area is 145 Å². The molecule has 0 bridgehead atoms. The molecule has 0 aliphatic heterocycles. The Morgan fingerprint density at radius 1 is 0.625 bits per heavy atom. The molecule has 0 amide bonds. The highest BCUT2D eigenvalue weighted by molar-refractivity contribution is 7.29. The number of hydrogen-bond donors (Lipinski definition) is 0. The molecule has 4 nitrogen and oxygen atoms in total. The molecule has 2 heterocycles. The van der Waals surface area contributed by atoms with Gasteiger partial charge in [0.05, 0.1) is 23.3 Å². The first kappa shape index (κ1) is 14.5. The Morgan fingerprint density at radius 2 is 1.00 bits per heavy atom.